The summed E-state index contributed by atoms with van der Waals surface area (Å²) in [5.41, 5.74) is 5.64. The summed E-state index contributed by atoms with van der Waals surface area (Å²) in [5.74, 6) is 0. The predicted molar refractivity (Wildman–Crippen MR) is 121 cm³/mol. The van der Waals surface area contributed by atoms with Gasteiger partial charge in [0.2, 0.25) is 0 Å². The molecule has 0 saturated carbocycles. The quantitative estimate of drug-likeness (QED) is 0.309. The molecule has 0 aliphatic carbocycles. The topological polar surface area (TPSA) is 30.7 Å². The molecular weight excluding hydrogens is 414 g/mol. The van der Waals surface area contributed by atoms with E-state index in [1.807, 2.05) is 18.5 Å². The second kappa shape index (κ2) is 7.88. The lowest BCUT2D eigenvalue weighted by molar-refractivity contribution is 0.769. The van der Waals surface area contributed by atoms with Gasteiger partial charge < -0.3 is 4.23 Å². The second-order valence-corrected chi connectivity index (χ2v) is 14.9. The lowest BCUT2D eigenvalue weighted by atomic mass is 10.1. The van der Waals surface area contributed by atoms with Crippen LogP contribution >= 0.6 is 15.9 Å². The Morgan fingerprint density at radius 2 is 1.63 bits per heavy atom. The molecule has 0 fully saturated rings. The van der Waals surface area contributed by atoms with Crippen LogP contribution in [0, 0.1) is 0 Å². The third-order valence-electron chi connectivity index (χ3n) is 6.02. The van der Waals surface area contributed by atoms with E-state index < -0.39 is 8.24 Å². The molecule has 0 N–H and O–H groups in total. The highest BCUT2D eigenvalue weighted by atomic mass is 79.9. The number of aromatic nitrogens is 3. The fourth-order valence-electron chi connectivity index (χ4n) is 5.13. The molecule has 3 aromatic rings. The minimum absolute atomic E-state index is 0.636. The van der Waals surface area contributed by atoms with Crippen molar-refractivity contribution in [3.8, 4) is 0 Å². The summed E-state index contributed by atoms with van der Waals surface area (Å²) in [5, 5.41) is 1.28. The van der Waals surface area contributed by atoms with E-state index >= 15 is 0 Å². The Morgan fingerprint density at radius 3 is 2.19 bits per heavy atom. The van der Waals surface area contributed by atoms with Crippen LogP contribution in [-0.4, -0.2) is 22.4 Å². The van der Waals surface area contributed by atoms with Crippen molar-refractivity contribution < 1.29 is 0 Å². The van der Waals surface area contributed by atoms with E-state index in [-0.39, 0.29) is 0 Å². The van der Waals surface area contributed by atoms with Gasteiger partial charge in [-0.15, -0.1) is 0 Å². The summed E-state index contributed by atoms with van der Waals surface area (Å²) < 4.78 is 3.49. The van der Waals surface area contributed by atoms with Crippen LogP contribution in [0.1, 0.15) is 52.7 Å². The largest absolute Gasteiger partial charge is 0.358 e. The van der Waals surface area contributed by atoms with Crippen molar-refractivity contribution in [3.05, 3.63) is 58.6 Å². The molecule has 0 aromatic carbocycles. The maximum absolute atomic E-state index is 4.85. The van der Waals surface area contributed by atoms with E-state index in [1.54, 1.807) is 0 Å². The maximum Gasteiger partial charge on any atom is 0.171 e. The first-order valence-corrected chi connectivity index (χ1v) is 12.8. The molecule has 0 aliphatic rings. The third kappa shape index (κ3) is 3.52. The van der Waals surface area contributed by atoms with Gasteiger partial charge in [-0.3, -0.25) is 0 Å². The van der Waals surface area contributed by atoms with E-state index in [9.17, 15) is 0 Å². The first kappa shape index (κ1) is 20.3. The van der Waals surface area contributed by atoms with Crippen LogP contribution in [0.2, 0.25) is 16.6 Å². The zero-order chi connectivity index (χ0) is 19.8. The molecule has 0 radical (unpaired) electrons. The molecule has 3 rings (SSSR count). The Morgan fingerprint density at radius 1 is 0.963 bits per heavy atom. The van der Waals surface area contributed by atoms with Gasteiger partial charge in [0.05, 0.1) is 0 Å². The Kier molecular flexibility index (Phi) is 5.92. The lowest BCUT2D eigenvalue weighted by Gasteiger charge is -2.44. The first-order valence-electron chi connectivity index (χ1n) is 9.84. The predicted octanol–water partition coefficient (Wildman–Crippen LogP) is 6.81. The minimum atomic E-state index is -1.84. The Hall–Kier alpha value is -1.46. The summed E-state index contributed by atoms with van der Waals surface area (Å²) >= 11 is 3.43. The normalized spacial score (nSPS) is 12.7. The van der Waals surface area contributed by atoms with Gasteiger partial charge in [0, 0.05) is 30.4 Å². The summed E-state index contributed by atoms with van der Waals surface area (Å²) in [7, 11) is -1.84. The molecule has 0 bridgehead atoms. The van der Waals surface area contributed by atoms with Crippen LogP contribution < -0.4 is 0 Å². The molecule has 27 heavy (non-hydrogen) atoms. The third-order valence-corrected chi connectivity index (χ3v) is 13.2. The Balaban J connectivity index is 2.21. The molecule has 5 heteroatoms. The van der Waals surface area contributed by atoms with E-state index in [2.05, 4.69) is 91.1 Å². The summed E-state index contributed by atoms with van der Waals surface area (Å²) in [6.07, 6.45) is 7.19. The number of nitrogens with zero attached hydrogens (tertiary/aromatic N) is 3. The maximum atomic E-state index is 4.85. The van der Waals surface area contributed by atoms with Crippen LogP contribution in [0.4, 0.5) is 0 Å². The van der Waals surface area contributed by atoms with Gasteiger partial charge in [0.1, 0.15) is 10.3 Å². The molecular formula is C22H30BrN3Si. The van der Waals surface area contributed by atoms with Crippen LogP contribution in [0.15, 0.2) is 47.5 Å². The van der Waals surface area contributed by atoms with Crippen LogP contribution in [0.3, 0.4) is 0 Å². The number of fused-ring (bicyclic) bond motifs is 1. The fourth-order valence-corrected chi connectivity index (χ4v) is 12.0. The smallest absolute Gasteiger partial charge is 0.171 e. The average molecular weight is 444 g/mol. The standard InChI is InChI=1S/C22H30BrN3Si/c1-15(2)27(16(3)4,17(5)6)26-14-19(20-8-7-11-24-22(20)26)12-18-9-10-21(23)25-13-18/h7-11,13-17H,12H2,1-6H3. The molecule has 0 amide bonds. The first-order chi connectivity index (χ1) is 12.8. The molecule has 144 valence electrons. The van der Waals surface area contributed by atoms with Gasteiger partial charge in [-0.2, -0.15) is 0 Å². The molecule has 3 aromatic heterocycles. The van der Waals surface area contributed by atoms with Crippen LogP contribution in [0.5, 0.6) is 0 Å². The van der Waals surface area contributed by atoms with Gasteiger partial charge in [0.15, 0.2) is 8.24 Å². The molecule has 0 atom stereocenters. The second-order valence-electron chi connectivity index (χ2n) is 8.42. The van der Waals surface area contributed by atoms with E-state index in [1.165, 1.54) is 16.5 Å². The number of hydrogen-bond acceptors (Lipinski definition) is 2. The molecule has 3 heterocycles. The monoisotopic (exact) mass is 443 g/mol. The van der Waals surface area contributed by atoms with Crippen molar-refractivity contribution in [1.82, 2.24) is 14.2 Å². The summed E-state index contributed by atoms with van der Waals surface area (Å²) in [4.78, 5) is 9.24. The van der Waals surface area contributed by atoms with E-state index in [0.717, 1.165) is 16.7 Å². The fraction of sp³-hybridized carbons (Fsp3) is 0.455. The van der Waals surface area contributed by atoms with E-state index in [0.29, 0.717) is 16.6 Å². The van der Waals surface area contributed by atoms with Gasteiger partial charge in [-0.1, -0.05) is 47.6 Å². The molecule has 0 aliphatic heterocycles. The average Bonchev–Trinajstić information content (AvgIpc) is 2.96. The SMILES string of the molecule is CC(C)[Si](C(C)C)(C(C)C)n1cc(Cc2ccc(Br)nc2)c2cccnc21. The highest BCUT2D eigenvalue weighted by molar-refractivity contribution is 9.10. The molecule has 0 saturated heterocycles. The number of pyridine rings is 2. The van der Waals surface area contributed by atoms with Gasteiger partial charge in [0.25, 0.3) is 0 Å². The minimum Gasteiger partial charge on any atom is -0.358 e. The zero-order valence-corrected chi connectivity index (χ0v) is 19.8. The van der Waals surface area contributed by atoms with Gasteiger partial charge in [-0.25, -0.2) is 9.97 Å². The van der Waals surface area contributed by atoms with Crippen molar-refractivity contribution >= 4 is 35.2 Å². The number of rotatable bonds is 6. The highest BCUT2D eigenvalue weighted by Crippen LogP contribution is 2.44. The molecule has 0 unspecified atom stereocenters. The van der Waals surface area contributed by atoms with Crippen molar-refractivity contribution in [2.24, 2.45) is 0 Å². The molecule has 0 spiro atoms. The summed E-state index contributed by atoms with van der Waals surface area (Å²) in [6.45, 7) is 14.4. The van der Waals surface area contributed by atoms with Crippen LogP contribution in [0.25, 0.3) is 11.0 Å². The Bertz CT molecular complexity index is 891. The van der Waals surface area contributed by atoms with Gasteiger partial charge >= 0.3 is 0 Å². The Labute approximate surface area is 172 Å². The lowest BCUT2D eigenvalue weighted by Crippen LogP contribution is -2.51. The number of halogens is 1. The van der Waals surface area contributed by atoms with Crippen molar-refractivity contribution in [3.63, 3.8) is 0 Å². The number of hydrogen-bond donors (Lipinski definition) is 0. The van der Waals surface area contributed by atoms with Gasteiger partial charge in [-0.05, 0) is 61.9 Å². The zero-order valence-electron chi connectivity index (χ0n) is 17.2. The summed E-state index contributed by atoms with van der Waals surface area (Å²) in [6, 6.07) is 8.44. The van der Waals surface area contributed by atoms with Crippen LogP contribution in [-0.2, 0) is 6.42 Å². The molecule has 3 nitrogen and oxygen atoms in total. The highest BCUT2D eigenvalue weighted by Gasteiger charge is 2.46. The van der Waals surface area contributed by atoms with Crippen molar-refractivity contribution in [2.75, 3.05) is 0 Å². The van der Waals surface area contributed by atoms with Crippen molar-refractivity contribution in [2.45, 2.75) is 64.6 Å². The van der Waals surface area contributed by atoms with E-state index in [4.69, 9.17) is 4.98 Å². The van der Waals surface area contributed by atoms with Crippen molar-refractivity contribution in [1.29, 1.82) is 0 Å².